The van der Waals surface area contributed by atoms with E-state index in [-0.39, 0.29) is 35.9 Å². The minimum Gasteiger partial charge on any atom is -0.465 e. The quantitative estimate of drug-likeness (QED) is 0.746. The number of amides is 3. The summed E-state index contributed by atoms with van der Waals surface area (Å²) in [6.07, 6.45) is 1.58. The van der Waals surface area contributed by atoms with Gasteiger partial charge < -0.3 is 19.9 Å². The van der Waals surface area contributed by atoms with Crippen molar-refractivity contribution in [2.75, 3.05) is 25.5 Å². The highest BCUT2D eigenvalue weighted by atomic mass is 16.5. The van der Waals surface area contributed by atoms with E-state index in [0.29, 0.717) is 30.8 Å². The number of hydrogen-bond acceptors (Lipinski definition) is 5. The first kappa shape index (κ1) is 20.6. The minimum absolute atomic E-state index is 0.0117. The highest BCUT2D eigenvalue weighted by molar-refractivity contribution is 6.08. The van der Waals surface area contributed by atoms with Gasteiger partial charge in [-0.3, -0.25) is 14.4 Å². The Labute approximate surface area is 179 Å². The molecule has 3 amide bonds. The summed E-state index contributed by atoms with van der Waals surface area (Å²) in [7, 11) is 1.28. The molecule has 0 saturated carbocycles. The van der Waals surface area contributed by atoms with Crippen molar-refractivity contribution in [2.45, 2.75) is 25.4 Å². The van der Waals surface area contributed by atoms with Crippen LogP contribution in [0.1, 0.15) is 39.1 Å². The Morgan fingerprint density at radius 2 is 1.84 bits per heavy atom. The Morgan fingerprint density at radius 1 is 1.10 bits per heavy atom. The molecule has 8 heteroatoms. The van der Waals surface area contributed by atoms with Crippen molar-refractivity contribution in [1.29, 1.82) is 0 Å². The van der Waals surface area contributed by atoms with E-state index in [1.54, 1.807) is 58.3 Å². The van der Waals surface area contributed by atoms with Crippen LogP contribution >= 0.6 is 0 Å². The van der Waals surface area contributed by atoms with E-state index < -0.39 is 5.97 Å². The highest BCUT2D eigenvalue weighted by Crippen LogP contribution is 2.25. The second-order valence-electron chi connectivity index (χ2n) is 7.63. The third-order valence-corrected chi connectivity index (χ3v) is 5.67. The third kappa shape index (κ3) is 4.14. The number of piperazine rings is 1. The summed E-state index contributed by atoms with van der Waals surface area (Å²) >= 11 is 0. The first-order valence-corrected chi connectivity index (χ1v) is 10.1. The zero-order chi connectivity index (χ0) is 22.0. The number of carbonyl (C=O) groups is 4. The zero-order valence-corrected chi connectivity index (χ0v) is 17.2. The predicted molar refractivity (Wildman–Crippen MR) is 112 cm³/mol. The molecule has 31 heavy (non-hydrogen) atoms. The van der Waals surface area contributed by atoms with Gasteiger partial charge in [0.25, 0.3) is 5.91 Å². The molecule has 1 unspecified atom stereocenters. The van der Waals surface area contributed by atoms with Crippen LogP contribution in [0.5, 0.6) is 0 Å². The first-order chi connectivity index (χ1) is 15.0. The van der Waals surface area contributed by atoms with Gasteiger partial charge in [-0.1, -0.05) is 24.3 Å². The number of fused-ring (bicyclic) bond motifs is 1. The van der Waals surface area contributed by atoms with Gasteiger partial charge in [-0.25, -0.2) is 4.79 Å². The zero-order valence-electron chi connectivity index (χ0n) is 17.2. The number of benzene rings is 2. The topological polar surface area (TPSA) is 96.0 Å². The molecule has 0 radical (unpaired) electrons. The van der Waals surface area contributed by atoms with Crippen LogP contribution in [0.4, 0.5) is 5.69 Å². The number of esters is 1. The second-order valence-corrected chi connectivity index (χ2v) is 7.63. The molecule has 1 N–H and O–H groups in total. The lowest BCUT2D eigenvalue weighted by molar-refractivity contribution is -0.154. The lowest BCUT2D eigenvalue weighted by atomic mass is 10.1. The molecule has 2 heterocycles. The van der Waals surface area contributed by atoms with E-state index in [9.17, 15) is 19.2 Å². The van der Waals surface area contributed by atoms with Gasteiger partial charge >= 0.3 is 5.97 Å². The van der Waals surface area contributed by atoms with E-state index >= 15 is 0 Å². The van der Waals surface area contributed by atoms with E-state index in [4.69, 9.17) is 4.74 Å². The molecule has 4 rings (SSSR count). The number of nitrogens with one attached hydrogen (secondary N) is 1. The number of methoxy groups -OCH3 is 1. The smallest absolute Gasteiger partial charge is 0.339 e. The van der Waals surface area contributed by atoms with Gasteiger partial charge in [0, 0.05) is 18.7 Å². The summed E-state index contributed by atoms with van der Waals surface area (Å²) < 4.78 is 4.75. The highest BCUT2D eigenvalue weighted by Gasteiger charge is 2.41. The molecule has 2 aromatic rings. The molecular formula is C23H23N3O5. The fourth-order valence-electron chi connectivity index (χ4n) is 4.06. The maximum atomic E-state index is 12.7. The molecular weight excluding hydrogens is 398 g/mol. The average molecular weight is 421 g/mol. The molecule has 2 fully saturated rings. The number of ether oxygens (including phenoxy) is 1. The van der Waals surface area contributed by atoms with Crippen molar-refractivity contribution in [3.8, 4) is 0 Å². The number of rotatable bonds is 5. The van der Waals surface area contributed by atoms with Crippen LogP contribution < -0.4 is 5.32 Å². The lowest BCUT2D eigenvalue weighted by Gasteiger charge is -2.36. The fraction of sp³-hybridized carbons (Fsp3) is 0.304. The van der Waals surface area contributed by atoms with Crippen LogP contribution in [0.15, 0.2) is 48.5 Å². The molecule has 1 atom stereocenters. The molecule has 2 saturated heterocycles. The van der Waals surface area contributed by atoms with Crippen LogP contribution in [-0.2, 0) is 20.9 Å². The van der Waals surface area contributed by atoms with Crippen molar-refractivity contribution in [1.82, 2.24) is 9.80 Å². The van der Waals surface area contributed by atoms with E-state index in [1.807, 2.05) is 0 Å². The van der Waals surface area contributed by atoms with E-state index in [0.717, 1.165) is 12.0 Å². The number of carbonyl (C=O) groups excluding carboxylic acids is 4. The summed E-state index contributed by atoms with van der Waals surface area (Å²) in [6, 6.07) is 13.1. The van der Waals surface area contributed by atoms with Crippen LogP contribution in [0.3, 0.4) is 0 Å². The molecule has 160 valence electrons. The standard InChI is InChI=1S/C23H23N3O5/c1-31-23(30)17-5-2-3-6-18(17)24-21(28)16-10-8-15(9-11-16)13-25-14-20(27)26-12-4-7-19(26)22(25)29/h2-3,5-6,8-11,19H,4,7,12-14H2,1H3,(H,24,28). The Hall–Kier alpha value is -3.68. The molecule has 2 aliphatic heterocycles. The van der Waals surface area contributed by atoms with Gasteiger partial charge in [-0.15, -0.1) is 0 Å². The summed E-state index contributed by atoms with van der Waals surface area (Å²) in [5, 5.41) is 2.73. The van der Waals surface area contributed by atoms with E-state index in [1.165, 1.54) is 7.11 Å². The number of para-hydroxylation sites is 1. The Morgan fingerprint density at radius 3 is 2.58 bits per heavy atom. The van der Waals surface area contributed by atoms with Crippen LogP contribution in [-0.4, -0.2) is 59.7 Å². The van der Waals surface area contributed by atoms with Gasteiger partial charge in [0.1, 0.15) is 12.6 Å². The molecule has 0 spiro atoms. The van der Waals surface area contributed by atoms with Crippen LogP contribution in [0.2, 0.25) is 0 Å². The van der Waals surface area contributed by atoms with Gasteiger partial charge in [-0.2, -0.15) is 0 Å². The average Bonchev–Trinajstić information content (AvgIpc) is 3.28. The van der Waals surface area contributed by atoms with Gasteiger partial charge in [0.2, 0.25) is 11.8 Å². The van der Waals surface area contributed by atoms with Crippen molar-refractivity contribution < 1.29 is 23.9 Å². The lowest BCUT2D eigenvalue weighted by Crippen LogP contribution is -2.56. The van der Waals surface area contributed by atoms with Crippen LogP contribution in [0, 0.1) is 0 Å². The maximum Gasteiger partial charge on any atom is 0.339 e. The van der Waals surface area contributed by atoms with Crippen molar-refractivity contribution >= 4 is 29.4 Å². The summed E-state index contributed by atoms with van der Waals surface area (Å²) in [6.45, 7) is 1.07. The second kappa shape index (κ2) is 8.59. The summed E-state index contributed by atoms with van der Waals surface area (Å²) in [5.74, 6) is -0.928. The van der Waals surface area contributed by atoms with E-state index in [2.05, 4.69) is 5.32 Å². The van der Waals surface area contributed by atoms with Gasteiger partial charge in [0.15, 0.2) is 0 Å². The van der Waals surface area contributed by atoms with Crippen molar-refractivity contribution in [3.63, 3.8) is 0 Å². The van der Waals surface area contributed by atoms with Gasteiger partial charge in [-0.05, 0) is 42.7 Å². The molecule has 2 aromatic carbocycles. The monoisotopic (exact) mass is 421 g/mol. The molecule has 0 aliphatic carbocycles. The molecule has 0 bridgehead atoms. The Kier molecular flexibility index (Phi) is 5.70. The number of hydrogen-bond donors (Lipinski definition) is 1. The fourth-order valence-corrected chi connectivity index (χ4v) is 4.06. The van der Waals surface area contributed by atoms with Crippen molar-refractivity contribution in [2.24, 2.45) is 0 Å². The number of nitrogens with zero attached hydrogens (tertiary/aromatic N) is 2. The predicted octanol–water partition coefficient (Wildman–Crippen LogP) is 2.06. The molecule has 2 aliphatic rings. The molecule has 0 aromatic heterocycles. The minimum atomic E-state index is -0.534. The first-order valence-electron chi connectivity index (χ1n) is 10.1. The Balaban J connectivity index is 1.43. The maximum absolute atomic E-state index is 12.7. The third-order valence-electron chi connectivity index (χ3n) is 5.67. The SMILES string of the molecule is COC(=O)c1ccccc1NC(=O)c1ccc(CN2CC(=O)N3CCCC3C2=O)cc1. The van der Waals surface area contributed by atoms with Crippen molar-refractivity contribution in [3.05, 3.63) is 65.2 Å². The van der Waals surface area contributed by atoms with Crippen LogP contribution in [0.25, 0.3) is 0 Å². The Bertz CT molecular complexity index is 1030. The largest absolute Gasteiger partial charge is 0.465 e. The number of anilines is 1. The van der Waals surface area contributed by atoms with Gasteiger partial charge in [0.05, 0.1) is 18.4 Å². The summed E-state index contributed by atoms with van der Waals surface area (Å²) in [5.41, 5.74) is 1.87. The normalized spacial score (nSPS) is 18.0. The molecule has 8 nitrogen and oxygen atoms in total. The summed E-state index contributed by atoms with van der Waals surface area (Å²) in [4.78, 5) is 52.7.